The molecule has 0 saturated carbocycles. The van der Waals surface area contributed by atoms with E-state index in [1.165, 1.54) is 6.08 Å². The Balaban J connectivity index is 3.16. The van der Waals surface area contributed by atoms with E-state index in [-0.39, 0.29) is 36.7 Å². The summed E-state index contributed by atoms with van der Waals surface area (Å²) in [5.74, 6) is -2.06. The van der Waals surface area contributed by atoms with E-state index in [4.69, 9.17) is 18.6 Å². The number of rotatable bonds is 13. The first-order chi connectivity index (χ1) is 17.8. The van der Waals surface area contributed by atoms with E-state index in [1.54, 1.807) is 52.1 Å². The van der Waals surface area contributed by atoms with Crippen molar-refractivity contribution in [3.05, 3.63) is 53.3 Å². The van der Waals surface area contributed by atoms with Crippen molar-refractivity contribution in [3.8, 4) is 5.75 Å². The number of carbonyl (C=O) groups excluding carboxylic acids is 1. The fraction of sp³-hybridized carbons (Fsp3) is 0.633. The maximum atomic E-state index is 15.7. The Kier molecular flexibility index (Phi) is 12.7. The monoisotopic (exact) mass is 568 g/mol. The second kappa shape index (κ2) is 14.3. The molecule has 0 aliphatic carbocycles. The lowest BCUT2D eigenvalue weighted by atomic mass is 9.97. The Morgan fingerprint density at radius 1 is 1.05 bits per heavy atom. The molecular weight excluding hydrogens is 519 g/mol. The molecular formula is C30H49FO7Si. The third-order valence-corrected chi connectivity index (χ3v) is 11.6. The second-order valence-electron chi connectivity index (χ2n) is 12.5. The zero-order valence-electron chi connectivity index (χ0n) is 25.6. The highest BCUT2D eigenvalue weighted by molar-refractivity contribution is 6.74. The molecule has 1 rings (SSSR count). The molecule has 7 nitrogen and oxygen atoms in total. The average molecular weight is 569 g/mol. The molecule has 222 valence electrons. The highest BCUT2D eigenvalue weighted by Crippen LogP contribution is 2.38. The molecule has 0 bridgehead atoms. The van der Waals surface area contributed by atoms with Gasteiger partial charge in [0.25, 0.3) is 0 Å². The number of halogens is 1. The van der Waals surface area contributed by atoms with Crippen molar-refractivity contribution in [1.82, 2.24) is 0 Å². The summed E-state index contributed by atoms with van der Waals surface area (Å²) in [5.41, 5.74) is 0.0159. The summed E-state index contributed by atoms with van der Waals surface area (Å²) in [6, 6.07) is 7.03. The van der Waals surface area contributed by atoms with Crippen LogP contribution in [0.2, 0.25) is 18.1 Å². The zero-order chi connectivity index (χ0) is 30.2. The van der Waals surface area contributed by atoms with Crippen LogP contribution in [0.3, 0.4) is 0 Å². The molecule has 0 aliphatic rings. The summed E-state index contributed by atoms with van der Waals surface area (Å²) in [6.07, 6.45) is -0.660. The number of hydrogen-bond acceptors (Lipinski definition) is 7. The van der Waals surface area contributed by atoms with Gasteiger partial charge in [-0.1, -0.05) is 39.8 Å². The Labute approximate surface area is 235 Å². The lowest BCUT2D eigenvalue weighted by Gasteiger charge is -2.39. The molecule has 2 N–H and O–H groups in total. The van der Waals surface area contributed by atoms with Gasteiger partial charge in [-0.15, -0.1) is 0 Å². The van der Waals surface area contributed by atoms with E-state index in [9.17, 15) is 15.0 Å². The van der Waals surface area contributed by atoms with Gasteiger partial charge in [0.05, 0.1) is 25.7 Å². The maximum absolute atomic E-state index is 15.7. The van der Waals surface area contributed by atoms with Crippen LogP contribution in [0, 0.1) is 11.3 Å². The number of hydrogen-bond donors (Lipinski definition) is 2. The van der Waals surface area contributed by atoms with Gasteiger partial charge in [-0.25, -0.2) is 4.39 Å². The molecule has 39 heavy (non-hydrogen) atoms. The number of carbonyl (C=O) groups is 1. The number of aliphatic hydroxyl groups excluding tert-OH is 2. The molecule has 0 heterocycles. The molecule has 2 unspecified atom stereocenters. The molecule has 0 saturated heterocycles. The van der Waals surface area contributed by atoms with Crippen LogP contribution < -0.4 is 4.74 Å². The van der Waals surface area contributed by atoms with Gasteiger partial charge in [-0.2, -0.15) is 0 Å². The Morgan fingerprint density at radius 2 is 1.62 bits per heavy atom. The number of benzene rings is 1. The van der Waals surface area contributed by atoms with E-state index in [0.717, 1.165) is 5.56 Å². The van der Waals surface area contributed by atoms with Gasteiger partial charge in [0.1, 0.15) is 17.3 Å². The van der Waals surface area contributed by atoms with Crippen molar-refractivity contribution >= 4 is 14.3 Å². The van der Waals surface area contributed by atoms with Gasteiger partial charge in [0, 0.05) is 18.4 Å². The highest BCUT2D eigenvalue weighted by Gasteiger charge is 2.39. The van der Waals surface area contributed by atoms with Crippen LogP contribution in [0.15, 0.2) is 47.7 Å². The normalized spacial score (nSPS) is 16.3. The first kappa shape index (κ1) is 34.7. The average Bonchev–Trinajstić information content (AvgIpc) is 2.82. The summed E-state index contributed by atoms with van der Waals surface area (Å²) in [6.45, 7) is 19.4. The minimum Gasteiger partial charge on any atom is -0.509 e. The number of ether oxygens (including phenoxy) is 3. The molecule has 0 aromatic heterocycles. The Hall–Kier alpha value is -2.36. The number of methoxy groups -OCH3 is 1. The molecule has 0 fully saturated rings. The van der Waals surface area contributed by atoms with Gasteiger partial charge >= 0.3 is 5.97 Å². The molecule has 9 heteroatoms. The molecule has 0 radical (unpaired) electrons. The third-order valence-electron chi connectivity index (χ3n) is 7.00. The fourth-order valence-corrected chi connectivity index (χ4v) is 4.65. The summed E-state index contributed by atoms with van der Waals surface area (Å²) in [4.78, 5) is 12.0. The summed E-state index contributed by atoms with van der Waals surface area (Å²) >= 11 is 0. The van der Waals surface area contributed by atoms with Gasteiger partial charge in [-0.05, 0) is 69.6 Å². The molecule has 3 atom stereocenters. The van der Waals surface area contributed by atoms with Crippen molar-refractivity contribution in [2.24, 2.45) is 11.3 Å². The summed E-state index contributed by atoms with van der Waals surface area (Å²) in [5, 5.41) is 21.3. The summed E-state index contributed by atoms with van der Waals surface area (Å²) < 4.78 is 38.2. The Morgan fingerprint density at radius 3 is 2.10 bits per heavy atom. The van der Waals surface area contributed by atoms with Crippen LogP contribution >= 0.6 is 0 Å². The van der Waals surface area contributed by atoms with Crippen LogP contribution in [0.4, 0.5) is 4.39 Å². The standard InChI is InChI=1S/C30H49FO7Si/c1-20(21(2)38-39(10,11)30(6,7)8)18-24(31)27(37-19-22-12-14-23(35-9)15-13-22)26(33)25(32)16-17-36-28(34)29(3,4)5/h12-15,18,20-21,27,32-33H,16-17,19H2,1-11H3/b24-18+,26-25-/t20-,21?,27?/m1/s1. The van der Waals surface area contributed by atoms with E-state index in [2.05, 4.69) is 33.9 Å². The van der Waals surface area contributed by atoms with Crippen molar-refractivity contribution in [3.63, 3.8) is 0 Å². The van der Waals surface area contributed by atoms with Crippen molar-refractivity contribution in [1.29, 1.82) is 0 Å². The second-order valence-corrected chi connectivity index (χ2v) is 17.3. The van der Waals surface area contributed by atoms with Gasteiger partial charge in [-0.3, -0.25) is 4.79 Å². The van der Waals surface area contributed by atoms with E-state index >= 15 is 4.39 Å². The van der Waals surface area contributed by atoms with Gasteiger partial charge in [0.2, 0.25) is 0 Å². The minimum absolute atomic E-state index is 0.00348. The lowest BCUT2D eigenvalue weighted by Crippen LogP contribution is -2.44. The van der Waals surface area contributed by atoms with Crippen molar-refractivity contribution < 1.29 is 38.0 Å². The zero-order valence-corrected chi connectivity index (χ0v) is 26.6. The first-order valence-corrected chi connectivity index (χ1v) is 16.3. The maximum Gasteiger partial charge on any atom is 0.311 e. The predicted molar refractivity (Wildman–Crippen MR) is 155 cm³/mol. The third kappa shape index (κ3) is 11.0. The van der Waals surface area contributed by atoms with Crippen molar-refractivity contribution in [2.45, 2.75) is 98.8 Å². The van der Waals surface area contributed by atoms with Gasteiger partial charge in [0.15, 0.2) is 20.2 Å². The molecule has 1 aromatic carbocycles. The highest BCUT2D eigenvalue weighted by atomic mass is 28.4. The predicted octanol–water partition coefficient (Wildman–Crippen LogP) is 7.79. The quantitative estimate of drug-likeness (QED) is 0.142. The van der Waals surface area contributed by atoms with E-state index in [0.29, 0.717) is 5.75 Å². The number of esters is 1. The first-order valence-electron chi connectivity index (χ1n) is 13.4. The van der Waals surface area contributed by atoms with Crippen LogP contribution in [0.25, 0.3) is 0 Å². The molecule has 0 spiro atoms. The lowest BCUT2D eigenvalue weighted by molar-refractivity contribution is -0.152. The van der Waals surface area contributed by atoms with Crippen molar-refractivity contribution in [2.75, 3.05) is 13.7 Å². The molecule has 0 amide bonds. The van der Waals surface area contributed by atoms with Gasteiger partial charge < -0.3 is 28.8 Å². The molecule has 0 aliphatic heterocycles. The Bertz CT molecular complexity index is 988. The smallest absolute Gasteiger partial charge is 0.311 e. The van der Waals surface area contributed by atoms with Crippen LogP contribution in [0.5, 0.6) is 5.75 Å². The molecule has 1 aromatic rings. The van der Waals surface area contributed by atoms with Crippen LogP contribution in [-0.2, 0) is 25.3 Å². The topological polar surface area (TPSA) is 94.5 Å². The summed E-state index contributed by atoms with van der Waals surface area (Å²) in [7, 11) is -0.528. The van der Waals surface area contributed by atoms with Crippen LogP contribution in [-0.4, -0.2) is 50.4 Å². The SMILES string of the molecule is COc1ccc(COC(/C(O)=C(/O)CCOC(=O)C(C)(C)C)/C(F)=C\[C@@H](C)C(C)O[Si](C)(C)C(C)(C)C)cc1. The number of aliphatic hydroxyl groups is 2. The van der Waals surface area contributed by atoms with E-state index < -0.39 is 43.2 Å². The van der Waals surface area contributed by atoms with E-state index in [1.807, 2.05) is 13.8 Å². The minimum atomic E-state index is -2.09. The largest absolute Gasteiger partial charge is 0.509 e. The fourth-order valence-electron chi connectivity index (χ4n) is 3.15. The van der Waals surface area contributed by atoms with Crippen LogP contribution in [0.1, 0.15) is 67.4 Å².